The van der Waals surface area contributed by atoms with Crippen molar-refractivity contribution in [1.29, 1.82) is 0 Å². The molecular weight excluding hydrogens is 244 g/mol. The summed E-state index contributed by atoms with van der Waals surface area (Å²) in [6, 6.07) is 10.7. The number of rotatable bonds is 5. The first-order valence-electron chi connectivity index (χ1n) is 5.91. The quantitative estimate of drug-likeness (QED) is 0.858. The van der Waals surface area contributed by atoms with Gasteiger partial charge in [-0.3, -0.25) is 4.79 Å². The molecule has 2 N–H and O–H groups in total. The number of aliphatic hydroxyl groups excluding tert-OH is 1. The Balaban J connectivity index is 2.01. The first-order valence-corrected chi connectivity index (χ1v) is 5.91. The van der Waals surface area contributed by atoms with Gasteiger partial charge >= 0.3 is 0 Å². The lowest BCUT2D eigenvalue weighted by molar-refractivity contribution is -0.116. The van der Waals surface area contributed by atoms with Gasteiger partial charge < -0.3 is 19.7 Å². The van der Waals surface area contributed by atoms with Crippen molar-refractivity contribution in [1.82, 2.24) is 4.57 Å². The summed E-state index contributed by atoms with van der Waals surface area (Å²) in [6.07, 6.45) is 1.76. The highest BCUT2D eigenvalue weighted by molar-refractivity contribution is 5.90. The number of benzene rings is 1. The monoisotopic (exact) mass is 260 g/mol. The van der Waals surface area contributed by atoms with Gasteiger partial charge in [-0.15, -0.1) is 0 Å². The summed E-state index contributed by atoms with van der Waals surface area (Å²) in [5.41, 5.74) is 1.39. The number of anilines is 1. The number of hydrogen-bond donors (Lipinski definition) is 2. The molecule has 0 aliphatic rings. The number of carbonyl (C=O) groups is 1. The van der Waals surface area contributed by atoms with Crippen LogP contribution < -0.4 is 10.1 Å². The van der Waals surface area contributed by atoms with E-state index in [-0.39, 0.29) is 19.1 Å². The molecule has 0 aliphatic carbocycles. The van der Waals surface area contributed by atoms with E-state index in [4.69, 9.17) is 9.84 Å². The van der Waals surface area contributed by atoms with Gasteiger partial charge in [-0.2, -0.15) is 0 Å². The van der Waals surface area contributed by atoms with Gasteiger partial charge in [-0.05, 0) is 24.3 Å². The molecule has 0 bridgehead atoms. The van der Waals surface area contributed by atoms with Crippen molar-refractivity contribution in [3.63, 3.8) is 0 Å². The smallest absolute Gasteiger partial charge is 0.244 e. The topological polar surface area (TPSA) is 63.5 Å². The molecular formula is C14H16N2O3. The van der Waals surface area contributed by atoms with Crippen molar-refractivity contribution < 1.29 is 14.6 Å². The Bertz CT molecular complexity index is 563. The number of nitrogens with zero attached hydrogens (tertiary/aromatic N) is 1. The summed E-state index contributed by atoms with van der Waals surface area (Å²) in [4.78, 5) is 11.9. The molecule has 1 aromatic heterocycles. The maximum Gasteiger partial charge on any atom is 0.244 e. The molecule has 19 heavy (non-hydrogen) atoms. The summed E-state index contributed by atoms with van der Waals surface area (Å²) >= 11 is 0. The lowest BCUT2D eigenvalue weighted by atomic mass is 10.3. The van der Waals surface area contributed by atoms with Crippen molar-refractivity contribution >= 4 is 11.6 Å². The zero-order valence-corrected chi connectivity index (χ0v) is 10.7. The second-order valence-corrected chi connectivity index (χ2v) is 4.07. The minimum atomic E-state index is -0.154. The van der Waals surface area contributed by atoms with Crippen LogP contribution in [-0.2, 0) is 17.9 Å². The molecule has 0 fully saturated rings. The number of methoxy groups -OCH3 is 1. The molecule has 0 radical (unpaired) electrons. The number of nitrogens with one attached hydrogen (secondary N) is 1. The third-order valence-electron chi connectivity index (χ3n) is 2.75. The first kappa shape index (κ1) is 13.2. The van der Waals surface area contributed by atoms with Gasteiger partial charge in [0.15, 0.2) is 0 Å². The molecule has 0 saturated heterocycles. The highest BCUT2D eigenvalue weighted by atomic mass is 16.5. The number of amides is 1. The van der Waals surface area contributed by atoms with Gasteiger partial charge in [-0.1, -0.05) is 6.07 Å². The van der Waals surface area contributed by atoms with E-state index in [0.29, 0.717) is 17.1 Å². The number of hydrogen-bond acceptors (Lipinski definition) is 3. The Labute approximate surface area is 111 Å². The van der Waals surface area contributed by atoms with Gasteiger partial charge in [0.1, 0.15) is 12.3 Å². The predicted octanol–water partition coefficient (Wildman–Crippen LogP) is 1.63. The Morgan fingerprint density at radius 3 is 2.95 bits per heavy atom. The Morgan fingerprint density at radius 2 is 2.21 bits per heavy atom. The van der Waals surface area contributed by atoms with Gasteiger partial charge in [-0.25, -0.2) is 0 Å². The van der Waals surface area contributed by atoms with Crippen LogP contribution in [0, 0.1) is 0 Å². The fourth-order valence-electron chi connectivity index (χ4n) is 1.80. The second-order valence-electron chi connectivity index (χ2n) is 4.07. The van der Waals surface area contributed by atoms with Crippen molar-refractivity contribution in [2.75, 3.05) is 12.4 Å². The highest BCUT2D eigenvalue weighted by Crippen LogP contribution is 2.16. The third-order valence-corrected chi connectivity index (χ3v) is 2.75. The van der Waals surface area contributed by atoms with Crippen LogP contribution in [0.4, 0.5) is 5.69 Å². The molecule has 1 heterocycles. The van der Waals surface area contributed by atoms with Crippen LogP contribution in [0.2, 0.25) is 0 Å². The molecule has 5 heteroatoms. The minimum absolute atomic E-state index is 0.0839. The molecule has 2 aromatic rings. The zero-order chi connectivity index (χ0) is 13.7. The number of carbonyl (C=O) groups excluding carboxylic acids is 1. The lowest BCUT2D eigenvalue weighted by Crippen LogP contribution is -2.19. The summed E-state index contributed by atoms with van der Waals surface area (Å²) in [6.45, 7) is 0.0829. The molecule has 0 unspecified atom stereocenters. The van der Waals surface area contributed by atoms with E-state index < -0.39 is 0 Å². The zero-order valence-electron chi connectivity index (χ0n) is 10.7. The normalized spacial score (nSPS) is 10.2. The largest absolute Gasteiger partial charge is 0.497 e. The predicted molar refractivity (Wildman–Crippen MR) is 72.0 cm³/mol. The van der Waals surface area contributed by atoms with Crippen molar-refractivity contribution in [2.24, 2.45) is 0 Å². The van der Waals surface area contributed by atoms with E-state index >= 15 is 0 Å². The number of aromatic nitrogens is 1. The summed E-state index contributed by atoms with van der Waals surface area (Å²) < 4.78 is 6.79. The van der Waals surface area contributed by atoms with E-state index in [1.54, 1.807) is 42.1 Å². The van der Waals surface area contributed by atoms with E-state index in [2.05, 4.69) is 5.32 Å². The fourth-order valence-corrected chi connectivity index (χ4v) is 1.80. The Morgan fingerprint density at radius 1 is 1.37 bits per heavy atom. The third kappa shape index (κ3) is 3.35. The molecule has 1 amide bonds. The molecule has 5 nitrogen and oxygen atoms in total. The number of ether oxygens (including phenoxy) is 1. The van der Waals surface area contributed by atoms with Gasteiger partial charge in [0.05, 0.1) is 13.7 Å². The SMILES string of the molecule is COc1cccc(NC(=O)Cn2cccc2CO)c1. The molecule has 0 atom stereocenters. The van der Waals surface area contributed by atoms with E-state index in [9.17, 15) is 4.79 Å². The van der Waals surface area contributed by atoms with Crippen LogP contribution in [0.1, 0.15) is 5.69 Å². The van der Waals surface area contributed by atoms with Crippen molar-refractivity contribution in [2.45, 2.75) is 13.2 Å². The van der Waals surface area contributed by atoms with Gasteiger partial charge in [0.25, 0.3) is 0 Å². The minimum Gasteiger partial charge on any atom is -0.497 e. The van der Waals surface area contributed by atoms with Crippen LogP contribution in [0.15, 0.2) is 42.6 Å². The summed E-state index contributed by atoms with van der Waals surface area (Å²) in [5, 5.41) is 11.9. The van der Waals surface area contributed by atoms with Crippen LogP contribution in [-0.4, -0.2) is 22.7 Å². The standard InChI is InChI=1S/C14H16N2O3/c1-19-13-6-2-4-11(8-13)15-14(18)9-16-7-3-5-12(16)10-17/h2-8,17H,9-10H2,1H3,(H,15,18). The summed E-state index contributed by atoms with van der Waals surface area (Å²) in [7, 11) is 1.58. The van der Waals surface area contributed by atoms with Gasteiger partial charge in [0, 0.05) is 23.6 Å². The highest BCUT2D eigenvalue weighted by Gasteiger charge is 2.06. The maximum absolute atomic E-state index is 11.9. The molecule has 0 aliphatic heterocycles. The molecule has 0 saturated carbocycles. The lowest BCUT2D eigenvalue weighted by Gasteiger charge is -2.09. The van der Waals surface area contributed by atoms with Gasteiger partial charge in [0.2, 0.25) is 5.91 Å². The second kappa shape index (κ2) is 6.06. The maximum atomic E-state index is 11.9. The molecule has 0 spiro atoms. The van der Waals surface area contributed by atoms with E-state index in [0.717, 1.165) is 0 Å². The molecule has 1 aromatic carbocycles. The van der Waals surface area contributed by atoms with E-state index in [1.807, 2.05) is 12.1 Å². The van der Waals surface area contributed by atoms with E-state index in [1.165, 1.54) is 0 Å². The van der Waals surface area contributed by atoms with Crippen LogP contribution >= 0.6 is 0 Å². The first-order chi connectivity index (χ1) is 9.22. The average molecular weight is 260 g/mol. The Hall–Kier alpha value is -2.27. The summed E-state index contributed by atoms with van der Waals surface area (Å²) in [5.74, 6) is 0.536. The number of aliphatic hydroxyl groups is 1. The van der Waals surface area contributed by atoms with Crippen LogP contribution in [0.5, 0.6) is 5.75 Å². The molecule has 100 valence electrons. The van der Waals surface area contributed by atoms with Crippen molar-refractivity contribution in [3.05, 3.63) is 48.3 Å². The van der Waals surface area contributed by atoms with Crippen molar-refractivity contribution in [3.8, 4) is 5.75 Å². The van der Waals surface area contributed by atoms with Crippen LogP contribution in [0.3, 0.4) is 0 Å². The average Bonchev–Trinajstić information content (AvgIpc) is 2.86. The Kier molecular flexibility index (Phi) is 4.20. The molecule has 2 rings (SSSR count). The van der Waals surface area contributed by atoms with Crippen LogP contribution in [0.25, 0.3) is 0 Å². The fraction of sp³-hybridized carbons (Fsp3) is 0.214.